The Bertz CT molecular complexity index is 1510. The molecule has 3 aromatic rings. The molecule has 0 aliphatic carbocycles. The molecule has 198 valence electrons. The average molecular weight is 543 g/mol. The van der Waals surface area contributed by atoms with E-state index < -0.39 is 39.6 Å². The number of amides is 1. The van der Waals surface area contributed by atoms with Crippen molar-refractivity contribution in [2.24, 2.45) is 5.16 Å². The van der Waals surface area contributed by atoms with Gasteiger partial charge in [-0.3, -0.25) is 9.88 Å². The summed E-state index contributed by atoms with van der Waals surface area (Å²) in [5, 5.41) is 22.3. The fraction of sp³-hybridized carbons (Fsp3) is 0.375. The number of nitrogens with zero attached hydrogens (tertiary/aromatic N) is 6. The van der Waals surface area contributed by atoms with E-state index in [2.05, 4.69) is 20.5 Å². The van der Waals surface area contributed by atoms with E-state index in [1.807, 2.05) is 0 Å². The van der Waals surface area contributed by atoms with Crippen LogP contribution in [0.15, 0.2) is 54.1 Å². The number of cyclic esters (lactones) is 1. The minimum absolute atomic E-state index is 0.0848. The number of halogens is 1. The first-order valence-corrected chi connectivity index (χ1v) is 13.8. The summed E-state index contributed by atoms with van der Waals surface area (Å²) >= 11 is 0. The van der Waals surface area contributed by atoms with Crippen molar-refractivity contribution in [3.8, 4) is 11.1 Å². The number of hydrogen-bond acceptors (Lipinski definition) is 10. The Morgan fingerprint density at radius 1 is 1.24 bits per heavy atom. The third-order valence-corrected chi connectivity index (χ3v) is 8.72. The molecule has 1 amide bonds. The SMILES string of the molecule is O=C1O[C@@H](Cn2ccnn2)CN1c1ccc(-c2ccc(C3=NOC(C4(O)CCS(=O)(=O)C4)C3)nc2)c(F)c1. The van der Waals surface area contributed by atoms with Crippen molar-refractivity contribution in [2.45, 2.75) is 37.2 Å². The summed E-state index contributed by atoms with van der Waals surface area (Å²) < 4.78 is 45.7. The summed E-state index contributed by atoms with van der Waals surface area (Å²) in [4.78, 5) is 23.5. The maximum absolute atomic E-state index is 15.1. The molecule has 2 fully saturated rings. The smallest absolute Gasteiger partial charge is 0.414 e. The molecule has 2 aromatic heterocycles. The Hall–Kier alpha value is -3.91. The summed E-state index contributed by atoms with van der Waals surface area (Å²) in [5.74, 6) is -0.971. The molecule has 1 N–H and O–H groups in total. The number of ether oxygens (including phenoxy) is 1. The number of sulfone groups is 1. The second kappa shape index (κ2) is 9.13. The minimum Gasteiger partial charge on any atom is -0.442 e. The zero-order chi connectivity index (χ0) is 26.5. The Balaban J connectivity index is 1.13. The van der Waals surface area contributed by atoms with Crippen molar-refractivity contribution in [3.63, 3.8) is 0 Å². The van der Waals surface area contributed by atoms with Crippen molar-refractivity contribution in [1.82, 2.24) is 20.0 Å². The lowest BCUT2D eigenvalue weighted by Crippen LogP contribution is -2.43. The van der Waals surface area contributed by atoms with Crippen LogP contribution in [0.25, 0.3) is 11.1 Å². The lowest BCUT2D eigenvalue weighted by molar-refractivity contribution is -0.0786. The molecule has 5 heterocycles. The predicted molar refractivity (Wildman–Crippen MR) is 132 cm³/mol. The Kier molecular flexibility index (Phi) is 5.87. The van der Waals surface area contributed by atoms with Crippen LogP contribution in [0.2, 0.25) is 0 Å². The van der Waals surface area contributed by atoms with Gasteiger partial charge in [0.15, 0.2) is 15.9 Å². The average Bonchev–Trinajstić information content (AvgIpc) is 3.68. The van der Waals surface area contributed by atoms with Gasteiger partial charge in [-0.05, 0) is 30.7 Å². The largest absolute Gasteiger partial charge is 0.442 e. The highest BCUT2D eigenvalue weighted by Crippen LogP contribution is 2.34. The Labute approximate surface area is 216 Å². The molecule has 3 aliphatic rings. The third kappa shape index (κ3) is 4.60. The lowest BCUT2D eigenvalue weighted by Gasteiger charge is -2.25. The summed E-state index contributed by atoms with van der Waals surface area (Å²) in [5.41, 5.74) is 0.666. The topological polar surface area (TPSA) is 149 Å². The molecule has 1 aromatic carbocycles. The molecule has 3 atom stereocenters. The first-order chi connectivity index (χ1) is 18.2. The van der Waals surface area contributed by atoms with Crippen LogP contribution >= 0.6 is 0 Å². The summed E-state index contributed by atoms with van der Waals surface area (Å²) in [6, 6.07) is 7.83. The van der Waals surface area contributed by atoms with Gasteiger partial charge < -0.3 is 14.7 Å². The second-order valence-corrected chi connectivity index (χ2v) is 11.8. The number of hydrogen-bond donors (Lipinski definition) is 1. The molecule has 12 nitrogen and oxygen atoms in total. The van der Waals surface area contributed by atoms with Crippen LogP contribution < -0.4 is 4.90 Å². The van der Waals surface area contributed by atoms with Crippen LogP contribution in [0.1, 0.15) is 18.5 Å². The lowest BCUT2D eigenvalue weighted by atomic mass is 9.92. The number of aromatic nitrogens is 4. The number of pyridine rings is 1. The fourth-order valence-electron chi connectivity index (χ4n) is 4.92. The molecule has 0 saturated carbocycles. The van der Waals surface area contributed by atoms with Gasteiger partial charge in [0.1, 0.15) is 23.2 Å². The van der Waals surface area contributed by atoms with Crippen molar-refractivity contribution in [2.75, 3.05) is 23.0 Å². The molecule has 2 unspecified atom stereocenters. The van der Waals surface area contributed by atoms with Gasteiger partial charge in [0, 0.05) is 29.9 Å². The molecule has 0 bridgehead atoms. The van der Waals surface area contributed by atoms with Gasteiger partial charge in [0.25, 0.3) is 0 Å². The van der Waals surface area contributed by atoms with Crippen LogP contribution in [0, 0.1) is 5.82 Å². The number of oxime groups is 1. The zero-order valence-electron chi connectivity index (χ0n) is 20.0. The third-order valence-electron chi connectivity index (χ3n) is 6.96. The molecule has 0 radical (unpaired) electrons. The van der Waals surface area contributed by atoms with Gasteiger partial charge in [-0.15, -0.1) is 5.10 Å². The van der Waals surface area contributed by atoms with Gasteiger partial charge >= 0.3 is 6.09 Å². The molecule has 0 spiro atoms. The molecule has 14 heteroatoms. The van der Waals surface area contributed by atoms with E-state index in [1.165, 1.54) is 23.4 Å². The van der Waals surface area contributed by atoms with Gasteiger partial charge in [0.05, 0.1) is 42.2 Å². The zero-order valence-corrected chi connectivity index (χ0v) is 20.8. The van der Waals surface area contributed by atoms with Crippen LogP contribution in [0.4, 0.5) is 14.9 Å². The van der Waals surface area contributed by atoms with E-state index in [9.17, 15) is 18.3 Å². The highest BCUT2D eigenvalue weighted by atomic mass is 32.2. The van der Waals surface area contributed by atoms with E-state index in [1.54, 1.807) is 35.1 Å². The van der Waals surface area contributed by atoms with Gasteiger partial charge in [-0.2, -0.15) is 0 Å². The van der Waals surface area contributed by atoms with Crippen LogP contribution in [0.5, 0.6) is 0 Å². The Morgan fingerprint density at radius 2 is 2.11 bits per heavy atom. The maximum Gasteiger partial charge on any atom is 0.414 e. The van der Waals surface area contributed by atoms with Gasteiger partial charge in [-0.1, -0.05) is 16.4 Å². The monoisotopic (exact) mass is 542 g/mol. The molecule has 2 saturated heterocycles. The summed E-state index contributed by atoms with van der Waals surface area (Å²) in [6.45, 7) is 0.594. The minimum atomic E-state index is -3.31. The quantitative estimate of drug-likeness (QED) is 0.489. The second-order valence-electron chi connectivity index (χ2n) is 9.62. The van der Waals surface area contributed by atoms with E-state index in [0.29, 0.717) is 34.8 Å². The number of rotatable bonds is 6. The van der Waals surface area contributed by atoms with Gasteiger partial charge in [0.2, 0.25) is 0 Å². The van der Waals surface area contributed by atoms with Crippen LogP contribution in [-0.2, 0) is 26.0 Å². The molecule has 3 aliphatic heterocycles. The molecule has 38 heavy (non-hydrogen) atoms. The number of anilines is 1. The van der Waals surface area contributed by atoms with Crippen LogP contribution in [0.3, 0.4) is 0 Å². The number of carbonyl (C=O) groups excluding carboxylic acids is 1. The number of benzene rings is 1. The first-order valence-electron chi connectivity index (χ1n) is 11.9. The molecular formula is C24H23FN6O6S. The first kappa shape index (κ1) is 24.4. The van der Waals surface area contributed by atoms with Crippen LogP contribution in [-0.4, -0.2) is 81.2 Å². The fourth-order valence-corrected chi connectivity index (χ4v) is 6.82. The molecule has 6 rings (SSSR count). The van der Waals surface area contributed by atoms with Crippen molar-refractivity contribution in [1.29, 1.82) is 0 Å². The Morgan fingerprint density at radius 3 is 2.79 bits per heavy atom. The van der Waals surface area contributed by atoms with Crippen molar-refractivity contribution < 1.29 is 32.3 Å². The van der Waals surface area contributed by atoms with Gasteiger partial charge in [-0.25, -0.2) is 22.3 Å². The highest BCUT2D eigenvalue weighted by Gasteiger charge is 2.50. The standard InChI is InChI=1S/C24H23FN6O6S/c25-19-9-16(31-13-17(36-23(31)32)12-30-7-6-27-29-30)2-3-18(19)15-1-4-20(26-11-15)21-10-22(37-28-21)24(33)5-8-38(34,35)14-24/h1-4,6-7,9,11,17,22,33H,5,8,10,12-14H2/t17-,22?,24?/m0/s1. The molecular weight excluding hydrogens is 519 g/mol. The number of aliphatic hydroxyl groups is 1. The van der Waals surface area contributed by atoms with E-state index in [4.69, 9.17) is 9.57 Å². The van der Waals surface area contributed by atoms with Crippen molar-refractivity contribution in [3.05, 3.63) is 60.4 Å². The van der Waals surface area contributed by atoms with E-state index in [0.717, 1.165) is 0 Å². The normalized spacial score (nSPS) is 26.3. The predicted octanol–water partition coefficient (Wildman–Crippen LogP) is 1.55. The van der Waals surface area contributed by atoms with Crippen molar-refractivity contribution >= 4 is 27.3 Å². The van der Waals surface area contributed by atoms with E-state index in [-0.39, 0.29) is 30.9 Å². The number of carbonyl (C=O) groups is 1. The summed E-state index contributed by atoms with van der Waals surface area (Å²) in [7, 11) is -3.31. The van der Waals surface area contributed by atoms with E-state index >= 15 is 4.39 Å². The highest BCUT2D eigenvalue weighted by molar-refractivity contribution is 7.91. The maximum atomic E-state index is 15.1. The summed E-state index contributed by atoms with van der Waals surface area (Å²) in [6.07, 6.45) is 3.24.